The smallest absolute Gasteiger partial charge is 0.0547 e. The van der Waals surface area contributed by atoms with Crippen LogP contribution in [0, 0.1) is 0 Å². The van der Waals surface area contributed by atoms with E-state index in [0.29, 0.717) is 0 Å². The Morgan fingerprint density at radius 2 is 1.02 bits per heavy atom. The largest absolute Gasteiger partial charge is 0.309 e. The molecule has 2 heteroatoms. The summed E-state index contributed by atoms with van der Waals surface area (Å²) in [5, 5.41) is 10.6. The van der Waals surface area contributed by atoms with Crippen molar-refractivity contribution in [1.82, 2.24) is 4.57 Å². The summed E-state index contributed by atoms with van der Waals surface area (Å²) < 4.78 is 5.17. The molecule has 0 radical (unpaired) electrons. The second-order valence-corrected chi connectivity index (χ2v) is 13.5. The third-order valence-corrected chi connectivity index (χ3v) is 11.4. The fourth-order valence-corrected chi connectivity index (χ4v) is 9.44. The molecule has 0 saturated carbocycles. The summed E-state index contributed by atoms with van der Waals surface area (Å²) in [4.78, 5) is 0. The molecule has 8 aromatic carbocycles. The number of benzene rings is 8. The molecule has 1 aliphatic carbocycles. The molecule has 1 aliphatic rings. The van der Waals surface area contributed by atoms with Gasteiger partial charge < -0.3 is 4.57 Å². The second-order valence-electron chi connectivity index (χ2n) is 12.4. The van der Waals surface area contributed by atoms with E-state index in [9.17, 15) is 0 Å². The van der Waals surface area contributed by atoms with Gasteiger partial charge >= 0.3 is 0 Å². The summed E-state index contributed by atoms with van der Waals surface area (Å²) in [5.74, 6) is 0. The first-order chi connectivity index (χ1) is 22.8. The van der Waals surface area contributed by atoms with E-state index in [-0.39, 0.29) is 0 Å². The van der Waals surface area contributed by atoms with Crippen molar-refractivity contribution >= 4 is 74.9 Å². The van der Waals surface area contributed by atoms with Gasteiger partial charge in [0.15, 0.2) is 0 Å². The van der Waals surface area contributed by atoms with Gasteiger partial charge in [-0.15, -0.1) is 11.3 Å². The molecular weight excluding hydrogens is 575 g/mol. The monoisotopic (exact) mass is 599 g/mol. The topological polar surface area (TPSA) is 4.93 Å². The van der Waals surface area contributed by atoms with Crippen LogP contribution < -0.4 is 0 Å². The van der Waals surface area contributed by atoms with Crippen molar-refractivity contribution in [3.63, 3.8) is 0 Å². The lowest BCUT2D eigenvalue weighted by Gasteiger charge is -2.13. The molecule has 0 unspecified atom stereocenters. The second kappa shape index (κ2) is 8.94. The van der Waals surface area contributed by atoms with Gasteiger partial charge in [0.25, 0.3) is 0 Å². The summed E-state index contributed by atoms with van der Waals surface area (Å²) in [6, 6.07) is 56.3. The maximum absolute atomic E-state index is 2.46. The predicted octanol–water partition coefficient (Wildman–Crippen LogP) is 12.8. The summed E-state index contributed by atoms with van der Waals surface area (Å²) in [7, 11) is 0. The summed E-state index contributed by atoms with van der Waals surface area (Å²) >= 11 is 1.90. The van der Waals surface area contributed by atoms with E-state index < -0.39 is 0 Å². The van der Waals surface area contributed by atoms with Crippen molar-refractivity contribution in [3.05, 3.63) is 152 Å². The van der Waals surface area contributed by atoms with Gasteiger partial charge in [-0.2, -0.15) is 0 Å². The zero-order valence-corrected chi connectivity index (χ0v) is 25.6. The Morgan fingerprint density at radius 3 is 1.93 bits per heavy atom. The third-order valence-electron chi connectivity index (χ3n) is 10.1. The quantitative estimate of drug-likeness (QED) is 0.186. The number of aromatic nitrogens is 1. The molecular formula is C44H25NS. The van der Waals surface area contributed by atoms with Crippen molar-refractivity contribution in [1.29, 1.82) is 0 Å². The number of rotatable bonds is 2. The molecule has 0 aliphatic heterocycles. The van der Waals surface area contributed by atoms with E-state index in [2.05, 4.69) is 156 Å². The first-order valence-electron chi connectivity index (χ1n) is 15.9. The van der Waals surface area contributed by atoms with Crippen LogP contribution in [-0.2, 0) is 0 Å². The Labute approximate surface area is 269 Å². The standard InChI is InChI=1S/C44H25NS/c1-2-12-30-29(11-1)33-16-8-15-32-28(19-20-34(30)42(32)33)26-9-7-10-27(25-26)45-39-17-5-3-14-38(39)43-35-21-22-36-31-13-4-6-18-41(31)46-44(36)37(35)23-24-40(43)45/h1-25H. The van der Waals surface area contributed by atoms with Crippen LogP contribution in [0.15, 0.2) is 152 Å². The predicted molar refractivity (Wildman–Crippen MR) is 199 cm³/mol. The van der Waals surface area contributed by atoms with Gasteiger partial charge in [-0.3, -0.25) is 0 Å². The van der Waals surface area contributed by atoms with Crippen LogP contribution in [0.3, 0.4) is 0 Å². The Kier molecular flexibility index (Phi) is 4.78. The number of fused-ring (bicyclic) bond motifs is 12. The van der Waals surface area contributed by atoms with Gasteiger partial charge in [-0.25, -0.2) is 0 Å². The van der Waals surface area contributed by atoms with E-state index in [1.807, 2.05) is 11.3 Å². The Bertz CT molecular complexity index is 2890. The number of para-hydroxylation sites is 1. The van der Waals surface area contributed by atoms with Crippen LogP contribution >= 0.6 is 11.3 Å². The summed E-state index contributed by atoms with van der Waals surface area (Å²) in [6.07, 6.45) is 0. The molecule has 11 rings (SSSR count). The van der Waals surface area contributed by atoms with E-state index in [0.717, 1.165) is 0 Å². The fraction of sp³-hybridized carbons (Fsp3) is 0. The highest BCUT2D eigenvalue weighted by molar-refractivity contribution is 7.26. The van der Waals surface area contributed by atoms with Crippen LogP contribution in [-0.4, -0.2) is 4.57 Å². The Hall–Kier alpha value is -5.70. The Morgan fingerprint density at radius 1 is 0.370 bits per heavy atom. The lowest BCUT2D eigenvalue weighted by Crippen LogP contribution is -1.94. The van der Waals surface area contributed by atoms with Crippen molar-refractivity contribution in [3.8, 4) is 39.1 Å². The zero-order chi connectivity index (χ0) is 29.9. The minimum absolute atomic E-state index is 1.18. The van der Waals surface area contributed by atoms with Crippen LogP contribution in [0.4, 0.5) is 0 Å². The molecule has 0 N–H and O–H groups in total. The first kappa shape index (κ1) is 24.6. The molecule has 46 heavy (non-hydrogen) atoms. The lowest BCUT2D eigenvalue weighted by atomic mass is 9.94. The van der Waals surface area contributed by atoms with Crippen LogP contribution in [0.25, 0.3) is 103 Å². The average Bonchev–Trinajstić information content (AvgIpc) is 3.77. The molecule has 2 aromatic heterocycles. The van der Waals surface area contributed by atoms with Crippen molar-refractivity contribution < 1.29 is 0 Å². The molecule has 1 nitrogen and oxygen atoms in total. The van der Waals surface area contributed by atoms with Gasteiger partial charge in [0, 0.05) is 42.0 Å². The van der Waals surface area contributed by atoms with E-state index >= 15 is 0 Å². The van der Waals surface area contributed by atoms with E-state index in [1.54, 1.807) is 0 Å². The first-order valence-corrected chi connectivity index (χ1v) is 16.7. The van der Waals surface area contributed by atoms with Crippen molar-refractivity contribution in [2.45, 2.75) is 0 Å². The third kappa shape index (κ3) is 3.14. The van der Waals surface area contributed by atoms with Gasteiger partial charge in [0.2, 0.25) is 0 Å². The van der Waals surface area contributed by atoms with Crippen LogP contribution in [0.5, 0.6) is 0 Å². The highest BCUT2D eigenvalue weighted by Crippen LogP contribution is 2.49. The minimum Gasteiger partial charge on any atom is -0.309 e. The van der Waals surface area contributed by atoms with Crippen molar-refractivity contribution in [2.75, 3.05) is 0 Å². The molecule has 0 amide bonds. The molecule has 0 bridgehead atoms. The normalized spacial score (nSPS) is 12.3. The minimum atomic E-state index is 1.18. The highest BCUT2D eigenvalue weighted by atomic mass is 32.1. The maximum Gasteiger partial charge on any atom is 0.0547 e. The fourth-order valence-electron chi connectivity index (χ4n) is 8.21. The van der Waals surface area contributed by atoms with Crippen molar-refractivity contribution in [2.24, 2.45) is 0 Å². The van der Waals surface area contributed by atoms with Crippen LogP contribution in [0.1, 0.15) is 0 Å². The summed E-state index contributed by atoms with van der Waals surface area (Å²) in [5.41, 5.74) is 11.5. The number of thiophene rings is 1. The lowest BCUT2D eigenvalue weighted by molar-refractivity contribution is 1.18. The molecule has 2 heterocycles. The maximum atomic E-state index is 2.46. The molecule has 0 saturated heterocycles. The molecule has 0 fully saturated rings. The molecule has 0 atom stereocenters. The zero-order valence-electron chi connectivity index (χ0n) is 24.8. The van der Waals surface area contributed by atoms with Crippen LogP contribution in [0.2, 0.25) is 0 Å². The molecule has 10 aromatic rings. The highest BCUT2D eigenvalue weighted by Gasteiger charge is 2.23. The number of hydrogen-bond acceptors (Lipinski definition) is 1. The van der Waals surface area contributed by atoms with Gasteiger partial charge in [-0.05, 0) is 79.9 Å². The molecule has 0 spiro atoms. The van der Waals surface area contributed by atoms with Gasteiger partial charge in [0.05, 0.1) is 11.0 Å². The van der Waals surface area contributed by atoms with Gasteiger partial charge in [0.1, 0.15) is 0 Å². The number of nitrogens with zero attached hydrogens (tertiary/aromatic N) is 1. The SMILES string of the molecule is c1cc(-c2ccc3c4c(cccc24)-c2ccccc2-3)cc(-n2c3ccccc3c3c4ccc5c6ccccc6sc5c4ccc32)c1. The molecule has 212 valence electrons. The summed E-state index contributed by atoms with van der Waals surface area (Å²) in [6.45, 7) is 0. The average molecular weight is 600 g/mol. The van der Waals surface area contributed by atoms with E-state index in [4.69, 9.17) is 0 Å². The number of hydrogen-bond donors (Lipinski definition) is 0. The van der Waals surface area contributed by atoms with E-state index in [1.165, 1.54) is 103 Å². The Balaban J connectivity index is 1.16. The van der Waals surface area contributed by atoms with Gasteiger partial charge in [-0.1, -0.05) is 121 Å².